The van der Waals surface area contributed by atoms with Crippen LogP contribution in [0.25, 0.3) is 0 Å². The van der Waals surface area contributed by atoms with Gasteiger partial charge in [0.05, 0.1) is 18.3 Å². The molecule has 170 valence electrons. The molecule has 0 atom stereocenters. The molecule has 0 aromatic heterocycles. The largest absolute Gasteiger partial charge is 0.502 e. The molecule has 0 radical (unpaired) electrons. The van der Waals surface area contributed by atoms with Crippen LogP contribution in [0.3, 0.4) is 0 Å². The highest BCUT2D eigenvalue weighted by Crippen LogP contribution is 2.32. The molecule has 0 aliphatic heterocycles. The quantitative estimate of drug-likeness (QED) is 0.377. The normalized spacial score (nSPS) is 11.2. The highest BCUT2D eigenvalue weighted by molar-refractivity contribution is 6.05. The maximum atomic E-state index is 14.0. The van der Waals surface area contributed by atoms with Crippen molar-refractivity contribution in [3.63, 3.8) is 0 Å². The molecular formula is C24H18F3NO5. The Morgan fingerprint density at radius 1 is 0.818 bits per heavy atom. The summed E-state index contributed by atoms with van der Waals surface area (Å²) in [4.78, 5) is 24.8. The number of carboxylic acid groups (broad SMARTS) is 1. The number of carbonyl (C=O) groups is 2. The summed E-state index contributed by atoms with van der Waals surface area (Å²) in [6.07, 6.45) is 0.499. The Bertz CT molecular complexity index is 1180. The summed E-state index contributed by atoms with van der Waals surface area (Å²) in [5.41, 5.74) is 1.12. The summed E-state index contributed by atoms with van der Waals surface area (Å²) in [7, 11) is 0. The number of hydrogen-bond donors (Lipinski definition) is 2. The predicted molar refractivity (Wildman–Crippen MR) is 113 cm³/mol. The SMILES string of the molecule is O=C(O)/C(O)=C/C(=O)N(Cc1ccc(F)cc1)c1ccc(F)cc1OCc1ccc(F)cc1. The molecule has 0 saturated carbocycles. The Morgan fingerprint density at radius 2 is 1.36 bits per heavy atom. The summed E-state index contributed by atoms with van der Waals surface area (Å²) >= 11 is 0. The van der Waals surface area contributed by atoms with Crippen molar-refractivity contribution in [3.8, 4) is 5.75 Å². The van der Waals surface area contributed by atoms with Crippen LogP contribution in [0.15, 0.2) is 78.6 Å². The van der Waals surface area contributed by atoms with Gasteiger partial charge in [0.2, 0.25) is 5.76 Å². The topological polar surface area (TPSA) is 87.1 Å². The van der Waals surface area contributed by atoms with E-state index in [2.05, 4.69) is 0 Å². The van der Waals surface area contributed by atoms with Gasteiger partial charge in [-0.05, 0) is 47.5 Å². The third kappa shape index (κ3) is 6.36. The molecule has 2 N–H and O–H groups in total. The van der Waals surface area contributed by atoms with E-state index in [0.29, 0.717) is 17.2 Å². The van der Waals surface area contributed by atoms with E-state index in [9.17, 15) is 27.9 Å². The molecule has 1 amide bonds. The molecule has 0 unspecified atom stereocenters. The Balaban J connectivity index is 1.98. The van der Waals surface area contributed by atoms with E-state index in [1.54, 1.807) is 0 Å². The number of ether oxygens (including phenoxy) is 1. The zero-order valence-corrected chi connectivity index (χ0v) is 17.0. The van der Waals surface area contributed by atoms with Gasteiger partial charge in [0.1, 0.15) is 29.8 Å². The van der Waals surface area contributed by atoms with E-state index in [1.165, 1.54) is 54.6 Å². The first-order valence-corrected chi connectivity index (χ1v) is 9.59. The molecule has 0 aliphatic rings. The zero-order chi connectivity index (χ0) is 24.0. The van der Waals surface area contributed by atoms with Gasteiger partial charge in [-0.2, -0.15) is 0 Å². The molecule has 3 aromatic rings. The van der Waals surface area contributed by atoms with Crippen LogP contribution in [0.2, 0.25) is 0 Å². The number of nitrogens with zero attached hydrogens (tertiary/aromatic N) is 1. The Labute approximate surface area is 186 Å². The van der Waals surface area contributed by atoms with Crippen molar-refractivity contribution in [3.05, 3.63) is 107 Å². The molecule has 6 nitrogen and oxygen atoms in total. The second-order valence-electron chi connectivity index (χ2n) is 6.91. The Kier molecular flexibility index (Phi) is 7.34. The van der Waals surface area contributed by atoms with Crippen molar-refractivity contribution in [1.82, 2.24) is 0 Å². The maximum Gasteiger partial charge on any atom is 0.371 e. The molecule has 3 rings (SSSR count). The average molecular weight is 457 g/mol. The molecule has 0 saturated heterocycles. The number of aliphatic carboxylic acids is 1. The number of aliphatic hydroxyl groups excluding tert-OH is 1. The molecule has 0 heterocycles. The molecule has 3 aromatic carbocycles. The number of carbonyl (C=O) groups excluding carboxylic acids is 1. The van der Waals surface area contributed by atoms with Gasteiger partial charge in [-0.3, -0.25) is 4.79 Å². The number of aliphatic hydroxyl groups is 1. The fourth-order valence-corrected chi connectivity index (χ4v) is 2.88. The van der Waals surface area contributed by atoms with E-state index < -0.39 is 35.1 Å². The van der Waals surface area contributed by atoms with Crippen LogP contribution in [0.4, 0.5) is 18.9 Å². The zero-order valence-electron chi connectivity index (χ0n) is 17.0. The minimum atomic E-state index is -1.71. The van der Waals surface area contributed by atoms with Gasteiger partial charge in [-0.1, -0.05) is 24.3 Å². The smallest absolute Gasteiger partial charge is 0.371 e. The lowest BCUT2D eigenvalue weighted by molar-refractivity contribution is -0.135. The lowest BCUT2D eigenvalue weighted by Crippen LogP contribution is -2.30. The van der Waals surface area contributed by atoms with Crippen LogP contribution in [0.1, 0.15) is 11.1 Å². The molecule has 0 fully saturated rings. The van der Waals surface area contributed by atoms with Crippen molar-refractivity contribution in [2.75, 3.05) is 4.90 Å². The fraction of sp³-hybridized carbons (Fsp3) is 0.0833. The number of amides is 1. The van der Waals surface area contributed by atoms with Crippen LogP contribution in [0.5, 0.6) is 5.75 Å². The molecule has 9 heteroatoms. The Hall–Kier alpha value is -4.27. The lowest BCUT2D eigenvalue weighted by Gasteiger charge is -2.24. The predicted octanol–water partition coefficient (Wildman–Crippen LogP) is 4.74. The number of halogens is 3. The summed E-state index contributed by atoms with van der Waals surface area (Å²) < 4.78 is 46.1. The number of benzene rings is 3. The number of carboxylic acids is 1. The first kappa shape index (κ1) is 23.4. The van der Waals surface area contributed by atoms with Crippen LogP contribution < -0.4 is 9.64 Å². The molecule has 0 spiro atoms. The van der Waals surface area contributed by atoms with Gasteiger partial charge in [-0.15, -0.1) is 0 Å². The third-order valence-electron chi connectivity index (χ3n) is 4.52. The van der Waals surface area contributed by atoms with Gasteiger partial charge in [-0.25, -0.2) is 18.0 Å². The van der Waals surface area contributed by atoms with E-state index in [1.807, 2.05) is 0 Å². The van der Waals surface area contributed by atoms with Crippen LogP contribution in [-0.4, -0.2) is 22.1 Å². The minimum Gasteiger partial charge on any atom is -0.502 e. The van der Waals surface area contributed by atoms with Gasteiger partial charge < -0.3 is 19.8 Å². The highest BCUT2D eigenvalue weighted by Gasteiger charge is 2.21. The van der Waals surface area contributed by atoms with Gasteiger partial charge in [0, 0.05) is 6.07 Å². The first-order valence-electron chi connectivity index (χ1n) is 9.59. The standard InChI is InChI=1S/C24H18F3NO5/c25-17-5-1-15(2-6-17)13-28(23(30)12-21(29)24(31)32)20-10-9-19(27)11-22(20)33-14-16-3-7-18(26)8-4-16/h1-12,29H,13-14H2,(H,31,32)/b21-12-. The van der Waals surface area contributed by atoms with Crippen molar-refractivity contribution >= 4 is 17.6 Å². The maximum absolute atomic E-state index is 14.0. The van der Waals surface area contributed by atoms with Crippen molar-refractivity contribution in [2.45, 2.75) is 13.2 Å². The van der Waals surface area contributed by atoms with E-state index in [4.69, 9.17) is 9.84 Å². The summed E-state index contributed by atoms with van der Waals surface area (Å²) in [6.45, 7) is -0.243. The van der Waals surface area contributed by atoms with E-state index >= 15 is 0 Å². The van der Waals surface area contributed by atoms with Crippen LogP contribution in [0, 0.1) is 17.5 Å². The minimum absolute atomic E-state index is 0.0574. The summed E-state index contributed by atoms with van der Waals surface area (Å²) in [5, 5.41) is 18.4. The fourth-order valence-electron chi connectivity index (χ4n) is 2.88. The second kappa shape index (κ2) is 10.4. The number of anilines is 1. The van der Waals surface area contributed by atoms with E-state index in [-0.39, 0.29) is 24.6 Å². The summed E-state index contributed by atoms with van der Waals surface area (Å²) in [6, 6.07) is 14.0. The number of hydrogen-bond acceptors (Lipinski definition) is 4. The van der Waals surface area contributed by atoms with Crippen molar-refractivity contribution < 1.29 is 37.7 Å². The van der Waals surface area contributed by atoms with Crippen molar-refractivity contribution in [1.29, 1.82) is 0 Å². The van der Waals surface area contributed by atoms with Gasteiger partial charge in [0.25, 0.3) is 5.91 Å². The monoisotopic (exact) mass is 457 g/mol. The molecule has 0 aliphatic carbocycles. The lowest BCUT2D eigenvalue weighted by atomic mass is 10.1. The molecule has 33 heavy (non-hydrogen) atoms. The molecule has 0 bridgehead atoms. The van der Waals surface area contributed by atoms with Crippen molar-refractivity contribution in [2.24, 2.45) is 0 Å². The number of rotatable bonds is 8. The molecular weight excluding hydrogens is 439 g/mol. The van der Waals surface area contributed by atoms with E-state index in [0.717, 1.165) is 17.0 Å². The third-order valence-corrected chi connectivity index (χ3v) is 4.52. The highest BCUT2D eigenvalue weighted by atomic mass is 19.1. The second-order valence-corrected chi connectivity index (χ2v) is 6.91. The van der Waals surface area contributed by atoms with Crippen LogP contribution in [-0.2, 0) is 22.7 Å². The van der Waals surface area contributed by atoms with Crippen LogP contribution >= 0.6 is 0 Å². The Morgan fingerprint density at radius 3 is 1.94 bits per heavy atom. The van der Waals surface area contributed by atoms with Gasteiger partial charge >= 0.3 is 5.97 Å². The summed E-state index contributed by atoms with van der Waals surface area (Å²) in [5.74, 6) is -5.49. The first-order chi connectivity index (χ1) is 15.7. The average Bonchev–Trinajstić information content (AvgIpc) is 2.78. The van der Waals surface area contributed by atoms with Gasteiger partial charge in [0.15, 0.2) is 0 Å².